The van der Waals surface area contributed by atoms with E-state index in [4.69, 9.17) is 0 Å². The molecule has 1 aliphatic heterocycles. The molecule has 0 radical (unpaired) electrons. The van der Waals surface area contributed by atoms with E-state index in [-0.39, 0.29) is 11.7 Å². The molecule has 2 aromatic rings. The van der Waals surface area contributed by atoms with E-state index >= 15 is 0 Å². The van der Waals surface area contributed by atoms with Gasteiger partial charge in [0.15, 0.2) is 0 Å². The van der Waals surface area contributed by atoms with Gasteiger partial charge < -0.3 is 15.5 Å². The van der Waals surface area contributed by atoms with Crippen molar-refractivity contribution in [1.82, 2.24) is 5.32 Å². The number of rotatable bonds is 6. The van der Waals surface area contributed by atoms with Crippen molar-refractivity contribution in [2.75, 3.05) is 23.3 Å². The van der Waals surface area contributed by atoms with Gasteiger partial charge in [-0.3, -0.25) is 4.79 Å². The van der Waals surface area contributed by atoms with Gasteiger partial charge >= 0.3 is 0 Å². The van der Waals surface area contributed by atoms with Gasteiger partial charge in [-0.1, -0.05) is 37.3 Å². The van der Waals surface area contributed by atoms with Crippen LogP contribution in [0.5, 0.6) is 0 Å². The zero-order chi connectivity index (χ0) is 18.4. The molecule has 2 N–H and O–H groups in total. The average Bonchev–Trinajstić information content (AvgIpc) is 2.68. The van der Waals surface area contributed by atoms with Crippen LogP contribution in [0.1, 0.15) is 31.7 Å². The van der Waals surface area contributed by atoms with E-state index < -0.39 is 0 Å². The lowest BCUT2D eigenvalue weighted by Gasteiger charge is -2.37. The predicted molar refractivity (Wildman–Crippen MR) is 104 cm³/mol. The minimum atomic E-state index is -0.342. The highest BCUT2D eigenvalue weighted by Gasteiger charge is 2.24. The van der Waals surface area contributed by atoms with Gasteiger partial charge in [0.2, 0.25) is 5.91 Å². The second-order valence-electron chi connectivity index (χ2n) is 6.66. The van der Waals surface area contributed by atoms with E-state index in [1.807, 2.05) is 18.2 Å². The first-order chi connectivity index (χ1) is 12.7. The number of hydrogen-bond donors (Lipinski definition) is 2. The third kappa shape index (κ3) is 4.61. The number of halogens is 1. The molecule has 5 heteroatoms. The van der Waals surface area contributed by atoms with Crippen molar-refractivity contribution in [3.8, 4) is 0 Å². The van der Waals surface area contributed by atoms with Crippen molar-refractivity contribution in [2.45, 2.75) is 38.8 Å². The summed E-state index contributed by atoms with van der Waals surface area (Å²) in [5.41, 5.74) is 2.62. The topological polar surface area (TPSA) is 44.4 Å². The highest BCUT2D eigenvalue weighted by atomic mass is 19.1. The van der Waals surface area contributed by atoms with Gasteiger partial charge in [0.1, 0.15) is 5.82 Å². The second-order valence-corrected chi connectivity index (χ2v) is 6.66. The fourth-order valence-corrected chi connectivity index (χ4v) is 3.41. The molecule has 1 fully saturated rings. The Kier molecular flexibility index (Phi) is 6.23. The molecule has 0 aromatic heterocycles. The molecule has 0 aliphatic carbocycles. The van der Waals surface area contributed by atoms with Crippen LogP contribution in [0.15, 0.2) is 48.5 Å². The Labute approximate surface area is 154 Å². The number of carbonyl (C=O) groups excluding carboxylic acids is 1. The third-order valence-electron chi connectivity index (χ3n) is 4.81. The van der Waals surface area contributed by atoms with Gasteiger partial charge in [-0.05, 0) is 49.7 Å². The number of nitrogens with one attached hydrogen (secondary N) is 2. The maximum absolute atomic E-state index is 13.9. The number of nitrogens with zero attached hydrogens (tertiary/aromatic N) is 1. The molecule has 0 spiro atoms. The summed E-state index contributed by atoms with van der Waals surface area (Å²) in [6, 6.07) is 15.3. The fourth-order valence-electron chi connectivity index (χ4n) is 3.41. The van der Waals surface area contributed by atoms with Crippen molar-refractivity contribution >= 4 is 17.3 Å². The van der Waals surface area contributed by atoms with E-state index in [9.17, 15) is 9.18 Å². The Morgan fingerprint density at radius 1 is 1.19 bits per heavy atom. The van der Waals surface area contributed by atoms with Crippen LogP contribution in [-0.2, 0) is 11.3 Å². The molecule has 0 atom stereocenters. The lowest BCUT2D eigenvalue weighted by atomic mass is 10.0. The highest BCUT2D eigenvalue weighted by Crippen LogP contribution is 2.32. The van der Waals surface area contributed by atoms with Crippen LogP contribution in [0.4, 0.5) is 15.8 Å². The average molecular weight is 355 g/mol. The molecule has 0 saturated carbocycles. The summed E-state index contributed by atoms with van der Waals surface area (Å²) in [4.78, 5) is 14.2. The zero-order valence-corrected chi connectivity index (χ0v) is 15.2. The lowest BCUT2D eigenvalue weighted by Crippen LogP contribution is -2.43. The van der Waals surface area contributed by atoms with E-state index in [2.05, 4.69) is 27.7 Å². The molecule has 4 nitrogen and oxygen atoms in total. The zero-order valence-electron chi connectivity index (χ0n) is 15.2. The molecular weight excluding hydrogens is 329 g/mol. The van der Waals surface area contributed by atoms with E-state index in [0.29, 0.717) is 18.2 Å². The van der Waals surface area contributed by atoms with Gasteiger partial charge in [0.25, 0.3) is 0 Å². The molecule has 138 valence electrons. The molecule has 2 aromatic carbocycles. The van der Waals surface area contributed by atoms with Crippen molar-refractivity contribution in [3.05, 3.63) is 59.9 Å². The smallest absolute Gasteiger partial charge is 0.224 e. The largest absolute Gasteiger partial charge is 0.362 e. The first kappa shape index (κ1) is 18.4. The monoisotopic (exact) mass is 355 g/mol. The first-order valence-corrected chi connectivity index (χ1v) is 9.28. The van der Waals surface area contributed by atoms with Gasteiger partial charge in [0.05, 0.1) is 11.4 Å². The summed E-state index contributed by atoms with van der Waals surface area (Å²) < 4.78 is 13.9. The first-order valence-electron chi connectivity index (χ1n) is 9.28. The maximum atomic E-state index is 13.9. The minimum Gasteiger partial charge on any atom is -0.362 e. The summed E-state index contributed by atoms with van der Waals surface area (Å²) in [5, 5.41) is 6.26. The number of hydrogen-bond acceptors (Lipinski definition) is 3. The molecular formula is C21H26FN3O. The summed E-state index contributed by atoms with van der Waals surface area (Å²) >= 11 is 0. The van der Waals surface area contributed by atoms with Crippen LogP contribution in [0.25, 0.3) is 0 Å². The maximum Gasteiger partial charge on any atom is 0.224 e. The van der Waals surface area contributed by atoms with Gasteiger partial charge in [-0.25, -0.2) is 4.39 Å². The van der Waals surface area contributed by atoms with Crippen LogP contribution >= 0.6 is 0 Å². The van der Waals surface area contributed by atoms with Gasteiger partial charge in [-0.15, -0.1) is 0 Å². The van der Waals surface area contributed by atoms with E-state index in [1.165, 1.54) is 17.7 Å². The number of amides is 1. The fraction of sp³-hybridized carbons (Fsp3) is 0.381. The Hall–Kier alpha value is -2.40. The van der Waals surface area contributed by atoms with Crippen molar-refractivity contribution in [2.24, 2.45) is 0 Å². The molecule has 0 bridgehead atoms. The summed E-state index contributed by atoms with van der Waals surface area (Å²) in [6.45, 7) is 4.45. The Balaban J connectivity index is 1.96. The summed E-state index contributed by atoms with van der Waals surface area (Å²) in [7, 11) is 0. The van der Waals surface area contributed by atoms with Crippen LogP contribution in [0, 0.1) is 5.82 Å². The molecule has 26 heavy (non-hydrogen) atoms. The summed E-state index contributed by atoms with van der Waals surface area (Å²) in [5.74, 6) is -0.452. The predicted octanol–water partition coefficient (Wildman–Crippen LogP) is 3.93. The number of anilines is 2. The quantitative estimate of drug-likeness (QED) is 0.825. The standard InChI is InChI=1S/C21H26FN3O/c1-2-21(26)24-19-14-17(22)8-9-20(19)25(18-10-12-23-13-11-18)15-16-6-4-3-5-7-16/h3-9,14,18,23H,2,10-13,15H2,1H3,(H,24,26). The molecule has 1 amide bonds. The molecule has 1 saturated heterocycles. The number of piperidine rings is 1. The minimum absolute atomic E-state index is 0.109. The van der Waals surface area contributed by atoms with E-state index in [1.54, 1.807) is 13.0 Å². The van der Waals surface area contributed by atoms with Crippen molar-refractivity contribution in [1.29, 1.82) is 0 Å². The number of carbonyl (C=O) groups is 1. The van der Waals surface area contributed by atoms with Crippen LogP contribution in [-0.4, -0.2) is 25.0 Å². The Bertz CT molecular complexity index is 729. The molecule has 1 aliphatic rings. The second kappa shape index (κ2) is 8.81. The van der Waals surface area contributed by atoms with Crippen LogP contribution < -0.4 is 15.5 Å². The highest BCUT2D eigenvalue weighted by molar-refractivity contribution is 5.94. The van der Waals surface area contributed by atoms with E-state index in [0.717, 1.165) is 38.2 Å². The third-order valence-corrected chi connectivity index (χ3v) is 4.81. The normalized spacial score (nSPS) is 14.8. The summed E-state index contributed by atoms with van der Waals surface area (Å²) in [6.07, 6.45) is 2.40. The molecule has 0 unspecified atom stereocenters. The molecule has 3 rings (SSSR count). The lowest BCUT2D eigenvalue weighted by molar-refractivity contribution is -0.115. The Morgan fingerprint density at radius 3 is 2.62 bits per heavy atom. The van der Waals surface area contributed by atoms with Gasteiger partial charge in [-0.2, -0.15) is 0 Å². The number of benzene rings is 2. The van der Waals surface area contributed by atoms with Crippen LogP contribution in [0.3, 0.4) is 0 Å². The molecule has 1 heterocycles. The van der Waals surface area contributed by atoms with Crippen molar-refractivity contribution in [3.63, 3.8) is 0 Å². The van der Waals surface area contributed by atoms with Crippen LogP contribution in [0.2, 0.25) is 0 Å². The SMILES string of the molecule is CCC(=O)Nc1cc(F)ccc1N(Cc1ccccc1)C1CCNCC1. The van der Waals surface area contributed by atoms with Gasteiger partial charge in [0, 0.05) is 19.0 Å². The Morgan fingerprint density at radius 2 is 1.92 bits per heavy atom. The van der Waals surface area contributed by atoms with Crippen molar-refractivity contribution < 1.29 is 9.18 Å².